The number of benzene rings is 2. The largest absolute Gasteiger partial charge is 0.319 e. The zero-order valence-corrected chi connectivity index (χ0v) is 10.5. The van der Waals surface area contributed by atoms with E-state index in [2.05, 4.69) is 52.5 Å². The fourth-order valence-corrected chi connectivity index (χ4v) is 1.31. The molecular formula is C12H13IO. The van der Waals surface area contributed by atoms with Gasteiger partial charge in [0.25, 0.3) is 0 Å². The molecule has 2 aromatic carbocycles. The normalized spacial score (nSPS) is 9.36. The van der Waals surface area contributed by atoms with Gasteiger partial charge in [-0.15, -0.1) is 0 Å². The third-order valence-corrected chi connectivity index (χ3v) is 1.90. The van der Waals surface area contributed by atoms with E-state index in [1.807, 2.05) is 0 Å². The predicted octanol–water partition coefficient (Wildman–Crippen LogP) is 4.13. The molecule has 0 aromatic heterocycles. The molecule has 1 nitrogen and oxygen atoms in total. The van der Waals surface area contributed by atoms with E-state index in [0.717, 1.165) is 0 Å². The molecule has 0 N–H and O–H groups in total. The molecule has 2 rings (SSSR count). The van der Waals surface area contributed by atoms with Crippen LogP contribution in [0.2, 0.25) is 0 Å². The summed E-state index contributed by atoms with van der Waals surface area (Å²) in [5, 5.41) is 2.64. The van der Waals surface area contributed by atoms with Gasteiger partial charge in [0, 0.05) is 7.11 Å². The van der Waals surface area contributed by atoms with Gasteiger partial charge in [-0.05, 0) is 17.7 Å². The lowest BCUT2D eigenvalue weighted by Crippen LogP contribution is -1.73. The van der Waals surface area contributed by atoms with E-state index in [-0.39, 0.29) is 0 Å². The van der Waals surface area contributed by atoms with Crippen molar-refractivity contribution in [2.24, 2.45) is 0 Å². The molecule has 2 aromatic rings. The first-order chi connectivity index (χ1) is 6.77. The van der Waals surface area contributed by atoms with Crippen molar-refractivity contribution < 1.29 is 3.07 Å². The van der Waals surface area contributed by atoms with Gasteiger partial charge in [0.1, 0.15) is 23.0 Å². The summed E-state index contributed by atoms with van der Waals surface area (Å²) in [6.07, 6.45) is 0. The highest BCUT2D eigenvalue weighted by Gasteiger charge is 1.89. The minimum Gasteiger partial charge on any atom is -0.319 e. The second kappa shape index (κ2) is 5.98. The molecule has 0 unspecified atom stereocenters. The second-order valence-corrected chi connectivity index (χ2v) is 3.89. The van der Waals surface area contributed by atoms with Crippen LogP contribution in [-0.2, 0) is 3.07 Å². The van der Waals surface area contributed by atoms with Gasteiger partial charge in [0.2, 0.25) is 0 Å². The summed E-state index contributed by atoms with van der Waals surface area (Å²) in [6.45, 7) is 2.12. The van der Waals surface area contributed by atoms with Crippen LogP contribution < -0.4 is 0 Å². The number of halogens is 1. The smallest absolute Gasteiger partial charge is 0.109 e. The van der Waals surface area contributed by atoms with E-state index in [9.17, 15) is 0 Å². The molecule has 0 aliphatic rings. The van der Waals surface area contributed by atoms with Crippen molar-refractivity contribution >= 4 is 33.8 Å². The number of hydrogen-bond donors (Lipinski definition) is 0. The van der Waals surface area contributed by atoms with Crippen LogP contribution in [-0.4, -0.2) is 7.11 Å². The van der Waals surface area contributed by atoms with E-state index in [4.69, 9.17) is 0 Å². The Morgan fingerprint density at radius 3 is 2.21 bits per heavy atom. The van der Waals surface area contributed by atoms with Gasteiger partial charge in [-0.25, -0.2) is 0 Å². The molecule has 0 fully saturated rings. The summed E-state index contributed by atoms with van der Waals surface area (Å²) < 4.78 is 4.22. The Bertz CT molecular complexity index is 398. The Hall–Kier alpha value is -0.610. The molecule has 0 atom stereocenters. The monoisotopic (exact) mass is 300 g/mol. The predicted molar refractivity (Wildman–Crippen MR) is 69.7 cm³/mol. The van der Waals surface area contributed by atoms with E-state index >= 15 is 0 Å². The van der Waals surface area contributed by atoms with Gasteiger partial charge in [-0.1, -0.05) is 48.0 Å². The quantitative estimate of drug-likeness (QED) is 0.665. The van der Waals surface area contributed by atoms with E-state index in [1.54, 1.807) is 30.1 Å². The maximum Gasteiger partial charge on any atom is 0.109 e. The van der Waals surface area contributed by atoms with Crippen LogP contribution in [0.1, 0.15) is 5.56 Å². The van der Waals surface area contributed by atoms with Gasteiger partial charge in [0.05, 0.1) is 0 Å². The zero-order chi connectivity index (χ0) is 10.4. The molecule has 0 saturated heterocycles. The Balaban J connectivity index is 0.000000293. The molecule has 0 bridgehead atoms. The van der Waals surface area contributed by atoms with E-state index in [0.29, 0.717) is 0 Å². The highest BCUT2D eigenvalue weighted by Crippen LogP contribution is 2.14. The first-order valence-electron chi connectivity index (χ1n) is 4.38. The minimum absolute atomic E-state index is 1.32. The lowest BCUT2D eigenvalue weighted by Gasteiger charge is -1.96. The minimum atomic E-state index is 1.32. The molecule has 0 aliphatic carbocycles. The van der Waals surface area contributed by atoms with E-state index in [1.165, 1.54) is 16.3 Å². The SMILES string of the molecule is COI.Cc1ccc2ccccc2c1. The molecule has 14 heavy (non-hydrogen) atoms. The molecule has 0 saturated carbocycles. The summed E-state index contributed by atoms with van der Waals surface area (Å²) in [7, 11) is 1.61. The maximum absolute atomic E-state index is 4.22. The molecule has 2 heteroatoms. The standard InChI is InChI=1S/C11H10.CH3IO/c1-9-6-7-10-4-2-3-5-11(10)8-9;1-3-2/h2-8H,1H3;1H3. The molecule has 0 spiro atoms. The third-order valence-electron chi connectivity index (χ3n) is 1.90. The van der Waals surface area contributed by atoms with Crippen molar-refractivity contribution in [3.63, 3.8) is 0 Å². The number of rotatable bonds is 0. The Morgan fingerprint density at radius 1 is 1.00 bits per heavy atom. The van der Waals surface area contributed by atoms with Crippen LogP contribution in [0.25, 0.3) is 10.8 Å². The van der Waals surface area contributed by atoms with Crippen LogP contribution >= 0.6 is 23.0 Å². The van der Waals surface area contributed by atoms with Gasteiger partial charge < -0.3 is 3.07 Å². The first kappa shape index (κ1) is 11.5. The van der Waals surface area contributed by atoms with Gasteiger partial charge in [-0.2, -0.15) is 0 Å². The highest BCUT2D eigenvalue weighted by molar-refractivity contribution is 14.1. The number of fused-ring (bicyclic) bond motifs is 1. The summed E-state index contributed by atoms with van der Waals surface area (Å²) in [5.74, 6) is 0. The van der Waals surface area contributed by atoms with Crippen LogP contribution in [0.4, 0.5) is 0 Å². The fraction of sp³-hybridized carbons (Fsp3) is 0.167. The number of hydrogen-bond acceptors (Lipinski definition) is 1. The van der Waals surface area contributed by atoms with Crippen LogP contribution in [0.5, 0.6) is 0 Å². The van der Waals surface area contributed by atoms with Gasteiger partial charge >= 0.3 is 0 Å². The Morgan fingerprint density at radius 2 is 1.57 bits per heavy atom. The van der Waals surface area contributed by atoms with E-state index < -0.39 is 0 Å². The lowest BCUT2D eigenvalue weighted by atomic mass is 10.1. The summed E-state index contributed by atoms with van der Waals surface area (Å²) >= 11 is 1.79. The second-order valence-electron chi connectivity index (χ2n) is 3.00. The topological polar surface area (TPSA) is 9.23 Å². The van der Waals surface area contributed by atoms with Gasteiger partial charge in [0.15, 0.2) is 0 Å². The van der Waals surface area contributed by atoms with Crippen LogP contribution in [0.3, 0.4) is 0 Å². The lowest BCUT2D eigenvalue weighted by molar-refractivity contribution is 0.556. The van der Waals surface area contributed by atoms with Crippen molar-refractivity contribution in [2.45, 2.75) is 6.92 Å². The molecule has 0 heterocycles. The first-order valence-corrected chi connectivity index (χ1v) is 5.26. The molecule has 0 radical (unpaired) electrons. The van der Waals surface area contributed by atoms with Crippen LogP contribution in [0, 0.1) is 6.92 Å². The highest BCUT2D eigenvalue weighted by atomic mass is 127. The van der Waals surface area contributed by atoms with Crippen molar-refractivity contribution in [3.05, 3.63) is 48.0 Å². The zero-order valence-electron chi connectivity index (χ0n) is 8.33. The maximum atomic E-state index is 4.22. The molecule has 0 aliphatic heterocycles. The van der Waals surface area contributed by atoms with Crippen molar-refractivity contribution in [1.29, 1.82) is 0 Å². The number of aryl methyl sites for hydroxylation is 1. The summed E-state index contributed by atoms with van der Waals surface area (Å²) in [4.78, 5) is 0. The summed E-state index contributed by atoms with van der Waals surface area (Å²) in [5.41, 5.74) is 1.32. The van der Waals surface area contributed by atoms with Crippen molar-refractivity contribution in [3.8, 4) is 0 Å². The third kappa shape index (κ3) is 3.27. The van der Waals surface area contributed by atoms with Crippen molar-refractivity contribution in [2.75, 3.05) is 7.11 Å². The van der Waals surface area contributed by atoms with Crippen LogP contribution in [0.15, 0.2) is 42.5 Å². The fourth-order valence-electron chi connectivity index (χ4n) is 1.31. The average Bonchev–Trinajstić information content (AvgIpc) is 2.19. The Labute approximate surface area is 98.8 Å². The van der Waals surface area contributed by atoms with Crippen molar-refractivity contribution in [1.82, 2.24) is 0 Å². The molecular weight excluding hydrogens is 287 g/mol. The average molecular weight is 300 g/mol. The summed E-state index contributed by atoms with van der Waals surface area (Å²) in [6, 6.07) is 14.9. The molecule has 74 valence electrons. The molecule has 0 amide bonds. The Kier molecular flexibility index (Phi) is 4.90. The van der Waals surface area contributed by atoms with Gasteiger partial charge in [-0.3, -0.25) is 0 Å².